The zero-order valence-electron chi connectivity index (χ0n) is 13.5. The Morgan fingerprint density at radius 3 is 2.76 bits per heavy atom. The number of nitro benzene ring substituents is 1. The Bertz CT molecular complexity index is 906. The predicted octanol–water partition coefficient (Wildman–Crippen LogP) is 4.70. The maximum absolute atomic E-state index is 10.9. The number of nitrogens with zero attached hydrogens (tertiary/aromatic N) is 2. The normalized spacial score (nSPS) is 11.2. The molecule has 25 heavy (non-hydrogen) atoms. The Balaban J connectivity index is 1.66. The second-order valence-corrected chi connectivity index (χ2v) is 6.17. The van der Waals surface area contributed by atoms with Crippen LogP contribution in [0.15, 0.2) is 66.2 Å². The van der Waals surface area contributed by atoms with Crippen molar-refractivity contribution in [2.45, 2.75) is 6.92 Å². The Morgan fingerprint density at radius 2 is 2.00 bits per heavy atom. The fourth-order valence-electron chi connectivity index (χ4n) is 2.23. The Hall–Kier alpha value is -3.19. The molecule has 0 spiro atoms. The van der Waals surface area contributed by atoms with E-state index in [2.05, 4.69) is 15.8 Å². The minimum Gasteiger partial charge on any atom is -0.306 e. The molecule has 0 aliphatic carbocycles. The highest BCUT2D eigenvalue weighted by Gasteiger charge is 2.09. The van der Waals surface area contributed by atoms with Gasteiger partial charge < -0.3 is 5.43 Å². The number of benzene rings is 2. The fraction of sp³-hybridized carbons (Fsp3) is 0.0556. The molecule has 1 heterocycles. The molecular formula is C18H16N4O2S. The van der Waals surface area contributed by atoms with Crippen LogP contribution in [0.2, 0.25) is 0 Å². The lowest BCUT2D eigenvalue weighted by atomic mass is 10.1. The van der Waals surface area contributed by atoms with Gasteiger partial charge in [-0.15, -0.1) is 11.3 Å². The molecule has 0 amide bonds. The van der Waals surface area contributed by atoms with Crippen molar-refractivity contribution in [3.05, 3.63) is 81.9 Å². The standard InChI is InChI=1S/C18H16N4O2S/c1-13(14-6-3-2-4-7-14)11-19-21-18-20-17(12-25-18)15-8-5-9-16(10-15)22(23)24/h2-12,19H,1H3,(H,20,21). The van der Waals surface area contributed by atoms with Gasteiger partial charge in [-0.25, -0.2) is 4.98 Å². The first kappa shape index (κ1) is 16.7. The number of aromatic nitrogens is 1. The van der Waals surface area contributed by atoms with E-state index < -0.39 is 4.92 Å². The van der Waals surface area contributed by atoms with Crippen LogP contribution in [0.25, 0.3) is 16.8 Å². The molecule has 0 bridgehead atoms. The van der Waals surface area contributed by atoms with Gasteiger partial charge in [-0.2, -0.15) is 0 Å². The lowest BCUT2D eigenvalue weighted by molar-refractivity contribution is -0.384. The number of hydrogen-bond acceptors (Lipinski definition) is 6. The van der Waals surface area contributed by atoms with Crippen LogP contribution in [0, 0.1) is 10.1 Å². The molecule has 0 saturated carbocycles. The van der Waals surface area contributed by atoms with Crippen molar-refractivity contribution in [3.63, 3.8) is 0 Å². The van der Waals surface area contributed by atoms with Crippen LogP contribution in [0.3, 0.4) is 0 Å². The van der Waals surface area contributed by atoms with Gasteiger partial charge in [-0.3, -0.25) is 15.5 Å². The van der Waals surface area contributed by atoms with Crippen LogP contribution in [0.5, 0.6) is 0 Å². The van der Waals surface area contributed by atoms with Crippen LogP contribution in [-0.2, 0) is 0 Å². The lowest BCUT2D eigenvalue weighted by Gasteiger charge is -2.04. The van der Waals surface area contributed by atoms with E-state index in [-0.39, 0.29) is 5.69 Å². The molecule has 2 N–H and O–H groups in total. The van der Waals surface area contributed by atoms with E-state index in [1.807, 2.05) is 48.8 Å². The zero-order valence-corrected chi connectivity index (χ0v) is 14.3. The van der Waals surface area contributed by atoms with Crippen molar-refractivity contribution >= 4 is 27.7 Å². The van der Waals surface area contributed by atoms with Crippen LogP contribution < -0.4 is 10.9 Å². The first-order valence-electron chi connectivity index (χ1n) is 7.57. The van der Waals surface area contributed by atoms with Gasteiger partial charge in [-0.1, -0.05) is 42.5 Å². The quantitative estimate of drug-likeness (QED) is 0.497. The summed E-state index contributed by atoms with van der Waals surface area (Å²) in [6.07, 6.45) is 1.86. The molecule has 0 atom stereocenters. The minimum atomic E-state index is -0.409. The highest BCUT2D eigenvalue weighted by Crippen LogP contribution is 2.27. The highest BCUT2D eigenvalue weighted by molar-refractivity contribution is 7.14. The molecule has 3 rings (SSSR count). The van der Waals surface area contributed by atoms with Gasteiger partial charge in [0.2, 0.25) is 5.13 Å². The topological polar surface area (TPSA) is 80.1 Å². The number of hydrazine groups is 1. The average Bonchev–Trinajstić information content (AvgIpc) is 3.11. The molecule has 0 radical (unpaired) electrons. The van der Waals surface area contributed by atoms with Gasteiger partial charge in [0.1, 0.15) is 0 Å². The van der Waals surface area contributed by atoms with Crippen molar-refractivity contribution in [3.8, 4) is 11.3 Å². The van der Waals surface area contributed by atoms with Gasteiger partial charge >= 0.3 is 0 Å². The van der Waals surface area contributed by atoms with Crippen LogP contribution in [-0.4, -0.2) is 9.91 Å². The SMILES string of the molecule is CC(=CNNc1nc(-c2cccc([N+](=O)[O-])c2)cs1)c1ccccc1. The number of nitro groups is 1. The van der Waals surface area contributed by atoms with Gasteiger partial charge in [0.15, 0.2) is 0 Å². The number of allylic oxidation sites excluding steroid dienone is 1. The minimum absolute atomic E-state index is 0.0551. The van der Waals surface area contributed by atoms with Crippen molar-refractivity contribution in [2.75, 3.05) is 5.43 Å². The van der Waals surface area contributed by atoms with Gasteiger partial charge in [0.25, 0.3) is 5.69 Å². The van der Waals surface area contributed by atoms with Gasteiger partial charge in [0, 0.05) is 29.3 Å². The van der Waals surface area contributed by atoms with Crippen molar-refractivity contribution in [1.82, 2.24) is 10.4 Å². The van der Waals surface area contributed by atoms with Gasteiger partial charge in [-0.05, 0) is 18.1 Å². The monoisotopic (exact) mass is 352 g/mol. The molecule has 7 heteroatoms. The number of anilines is 1. The van der Waals surface area contributed by atoms with Crippen LogP contribution in [0.1, 0.15) is 12.5 Å². The fourth-order valence-corrected chi connectivity index (χ4v) is 2.91. The van der Waals surface area contributed by atoms with Crippen LogP contribution >= 0.6 is 11.3 Å². The van der Waals surface area contributed by atoms with E-state index in [1.54, 1.807) is 12.1 Å². The summed E-state index contributed by atoms with van der Waals surface area (Å²) in [5.41, 5.74) is 9.73. The van der Waals surface area contributed by atoms with Crippen molar-refractivity contribution in [2.24, 2.45) is 0 Å². The second-order valence-electron chi connectivity index (χ2n) is 5.31. The number of rotatable bonds is 6. The van der Waals surface area contributed by atoms with Crippen molar-refractivity contribution < 1.29 is 4.92 Å². The summed E-state index contributed by atoms with van der Waals surface area (Å²) in [6, 6.07) is 16.5. The second kappa shape index (κ2) is 7.59. The van der Waals surface area contributed by atoms with E-state index in [1.165, 1.54) is 23.5 Å². The third-order valence-electron chi connectivity index (χ3n) is 3.55. The first-order chi connectivity index (χ1) is 12.1. The smallest absolute Gasteiger partial charge is 0.270 e. The molecule has 1 aromatic heterocycles. The summed E-state index contributed by atoms with van der Waals surface area (Å²) in [5.74, 6) is 0. The maximum Gasteiger partial charge on any atom is 0.270 e. The molecule has 0 aliphatic rings. The van der Waals surface area contributed by atoms with Crippen molar-refractivity contribution in [1.29, 1.82) is 0 Å². The summed E-state index contributed by atoms with van der Waals surface area (Å²) in [4.78, 5) is 14.9. The molecule has 6 nitrogen and oxygen atoms in total. The summed E-state index contributed by atoms with van der Waals surface area (Å²) in [6.45, 7) is 2.01. The Morgan fingerprint density at radius 1 is 1.20 bits per heavy atom. The average molecular weight is 352 g/mol. The summed E-state index contributed by atoms with van der Waals surface area (Å²) < 4.78 is 0. The number of thiazole rings is 1. The van der Waals surface area contributed by atoms with E-state index in [4.69, 9.17) is 0 Å². The largest absolute Gasteiger partial charge is 0.306 e. The van der Waals surface area contributed by atoms with E-state index >= 15 is 0 Å². The molecule has 0 aliphatic heterocycles. The number of nitrogens with one attached hydrogen (secondary N) is 2. The Labute approximate surface area is 149 Å². The Kier molecular flexibility index (Phi) is 5.06. The van der Waals surface area contributed by atoms with E-state index in [0.29, 0.717) is 10.8 Å². The van der Waals surface area contributed by atoms with Crippen LogP contribution in [0.4, 0.5) is 10.8 Å². The summed E-state index contributed by atoms with van der Waals surface area (Å²) >= 11 is 1.42. The molecule has 0 unspecified atom stereocenters. The first-order valence-corrected chi connectivity index (χ1v) is 8.45. The molecule has 0 fully saturated rings. The van der Waals surface area contributed by atoms with Gasteiger partial charge in [0.05, 0.1) is 10.6 Å². The maximum atomic E-state index is 10.9. The molecule has 3 aromatic rings. The highest BCUT2D eigenvalue weighted by atomic mass is 32.1. The predicted molar refractivity (Wildman–Crippen MR) is 101 cm³/mol. The molecule has 0 saturated heterocycles. The van der Waals surface area contributed by atoms with E-state index in [9.17, 15) is 10.1 Å². The summed E-state index contributed by atoms with van der Waals surface area (Å²) in [5, 5.41) is 13.4. The third-order valence-corrected chi connectivity index (χ3v) is 4.31. The number of hydrogen-bond donors (Lipinski definition) is 2. The zero-order chi connectivity index (χ0) is 17.6. The summed E-state index contributed by atoms with van der Waals surface area (Å²) in [7, 11) is 0. The van der Waals surface area contributed by atoms with E-state index in [0.717, 1.165) is 16.7 Å². The molecule has 2 aromatic carbocycles. The molecule has 126 valence electrons. The third kappa shape index (κ3) is 4.21. The molecular weight excluding hydrogens is 336 g/mol. The number of non-ortho nitro benzene ring substituents is 1. The lowest BCUT2D eigenvalue weighted by Crippen LogP contribution is -2.14.